The van der Waals surface area contributed by atoms with E-state index in [0.29, 0.717) is 6.42 Å². The maximum atomic E-state index is 11.7. The number of amides is 1. The van der Waals surface area contributed by atoms with Gasteiger partial charge < -0.3 is 15.7 Å². The molecule has 4 heteroatoms. The SMILES string of the molecule is CCCC(C)NC(=O)C(C)NC(C)CCO. The summed E-state index contributed by atoms with van der Waals surface area (Å²) in [7, 11) is 0. The van der Waals surface area contributed by atoms with Crippen LogP contribution in [0, 0.1) is 0 Å². The average molecular weight is 230 g/mol. The number of aliphatic hydroxyl groups is 1. The van der Waals surface area contributed by atoms with Gasteiger partial charge in [0.05, 0.1) is 6.04 Å². The molecule has 0 aliphatic heterocycles. The third-order valence-electron chi connectivity index (χ3n) is 2.60. The van der Waals surface area contributed by atoms with Crippen molar-refractivity contribution in [3.8, 4) is 0 Å². The number of carbonyl (C=O) groups is 1. The second-order valence-corrected chi connectivity index (χ2v) is 4.50. The number of rotatable bonds is 8. The summed E-state index contributed by atoms with van der Waals surface area (Å²) in [6.07, 6.45) is 2.75. The molecule has 0 aromatic rings. The van der Waals surface area contributed by atoms with Gasteiger partial charge in [-0.3, -0.25) is 4.79 Å². The van der Waals surface area contributed by atoms with Crippen molar-refractivity contribution in [3.05, 3.63) is 0 Å². The highest BCUT2D eigenvalue weighted by molar-refractivity contribution is 5.81. The van der Waals surface area contributed by atoms with Crippen molar-refractivity contribution in [1.82, 2.24) is 10.6 Å². The molecule has 0 aromatic heterocycles. The molecule has 0 rings (SSSR count). The molecule has 0 saturated carbocycles. The van der Waals surface area contributed by atoms with Crippen LogP contribution in [0.25, 0.3) is 0 Å². The molecule has 0 saturated heterocycles. The van der Waals surface area contributed by atoms with E-state index in [9.17, 15) is 4.79 Å². The highest BCUT2D eigenvalue weighted by Gasteiger charge is 2.16. The predicted octanol–water partition coefficient (Wildman–Crippen LogP) is 1.04. The molecule has 0 aliphatic carbocycles. The molecule has 3 N–H and O–H groups in total. The van der Waals surface area contributed by atoms with Crippen LogP contribution in [0.15, 0.2) is 0 Å². The number of aliphatic hydroxyl groups excluding tert-OH is 1. The van der Waals surface area contributed by atoms with Crippen molar-refractivity contribution in [3.63, 3.8) is 0 Å². The van der Waals surface area contributed by atoms with Gasteiger partial charge in [0.25, 0.3) is 0 Å². The summed E-state index contributed by atoms with van der Waals surface area (Å²) >= 11 is 0. The van der Waals surface area contributed by atoms with Gasteiger partial charge in [-0.1, -0.05) is 13.3 Å². The van der Waals surface area contributed by atoms with Crippen LogP contribution >= 0.6 is 0 Å². The van der Waals surface area contributed by atoms with Gasteiger partial charge in [0, 0.05) is 18.7 Å². The largest absolute Gasteiger partial charge is 0.396 e. The van der Waals surface area contributed by atoms with E-state index >= 15 is 0 Å². The van der Waals surface area contributed by atoms with E-state index < -0.39 is 0 Å². The lowest BCUT2D eigenvalue weighted by Gasteiger charge is -2.21. The van der Waals surface area contributed by atoms with Crippen LogP contribution in [0.5, 0.6) is 0 Å². The van der Waals surface area contributed by atoms with E-state index in [-0.39, 0.29) is 30.6 Å². The molecule has 0 bridgehead atoms. The maximum absolute atomic E-state index is 11.7. The first-order valence-corrected chi connectivity index (χ1v) is 6.18. The van der Waals surface area contributed by atoms with Gasteiger partial charge in [0.2, 0.25) is 5.91 Å². The fourth-order valence-corrected chi connectivity index (χ4v) is 1.65. The van der Waals surface area contributed by atoms with Crippen LogP contribution < -0.4 is 10.6 Å². The minimum atomic E-state index is -0.208. The molecule has 3 unspecified atom stereocenters. The molecule has 4 nitrogen and oxygen atoms in total. The lowest BCUT2D eigenvalue weighted by molar-refractivity contribution is -0.123. The van der Waals surface area contributed by atoms with E-state index in [1.54, 1.807) is 0 Å². The number of hydrogen-bond acceptors (Lipinski definition) is 3. The van der Waals surface area contributed by atoms with Crippen molar-refractivity contribution in [2.24, 2.45) is 0 Å². The predicted molar refractivity (Wildman–Crippen MR) is 66.3 cm³/mol. The molecule has 0 aromatic carbocycles. The van der Waals surface area contributed by atoms with Gasteiger partial charge in [-0.15, -0.1) is 0 Å². The number of carbonyl (C=O) groups excluding carboxylic acids is 1. The van der Waals surface area contributed by atoms with Crippen LogP contribution in [0.2, 0.25) is 0 Å². The topological polar surface area (TPSA) is 61.4 Å². The van der Waals surface area contributed by atoms with Crippen molar-refractivity contribution in [2.75, 3.05) is 6.61 Å². The van der Waals surface area contributed by atoms with Crippen molar-refractivity contribution >= 4 is 5.91 Å². The highest BCUT2D eigenvalue weighted by atomic mass is 16.3. The summed E-state index contributed by atoms with van der Waals surface area (Å²) < 4.78 is 0. The number of hydrogen-bond donors (Lipinski definition) is 3. The van der Waals surface area contributed by atoms with Crippen LogP contribution in [0.4, 0.5) is 0 Å². The van der Waals surface area contributed by atoms with E-state index in [1.807, 2.05) is 20.8 Å². The Morgan fingerprint density at radius 1 is 1.19 bits per heavy atom. The fourth-order valence-electron chi connectivity index (χ4n) is 1.65. The zero-order valence-electron chi connectivity index (χ0n) is 10.9. The Bertz CT molecular complexity index is 197. The molecule has 0 spiro atoms. The number of nitrogens with one attached hydrogen (secondary N) is 2. The quantitative estimate of drug-likeness (QED) is 0.584. The van der Waals surface area contributed by atoms with Crippen molar-refractivity contribution in [2.45, 2.75) is 65.1 Å². The Morgan fingerprint density at radius 3 is 2.31 bits per heavy atom. The fraction of sp³-hybridized carbons (Fsp3) is 0.917. The van der Waals surface area contributed by atoms with Gasteiger partial charge in [0.15, 0.2) is 0 Å². The molecule has 1 amide bonds. The molecular weight excluding hydrogens is 204 g/mol. The summed E-state index contributed by atoms with van der Waals surface area (Å²) in [4.78, 5) is 11.7. The zero-order valence-corrected chi connectivity index (χ0v) is 10.9. The van der Waals surface area contributed by atoms with E-state index in [2.05, 4.69) is 17.6 Å². The minimum absolute atomic E-state index is 0.0331. The van der Waals surface area contributed by atoms with E-state index in [1.165, 1.54) is 0 Å². The van der Waals surface area contributed by atoms with Gasteiger partial charge in [0.1, 0.15) is 0 Å². The van der Waals surface area contributed by atoms with Gasteiger partial charge >= 0.3 is 0 Å². The van der Waals surface area contributed by atoms with E-state index in [0.717, 1.165) is 12.8 Å². The molecule has 3 atom stereocenters. The second kappa shape index (κ2) is 8.53. The standard InChI is InChI=1S/C12H26N2O2/c1-5-6-9(2)14-12(16)11(4)13-10(3)7-8-15/h9-11,13,15H,5-8H2,1-4H3,(H,14,16). The first-order chi connectivity index (χ1) is 7.51. The Labute approximate surface area is 98.8 Å². The lowest BCUT2D eigenvalue weighted by atomic mass is 10.1. The molecule has 0 aliphatic rings. The molecule has 96 valence electrons. The summed E-state index contributed by atoms with van der Waals surface area (Å²) in [6, 6.07) is 0.183. The van der Waals surface area contributed by atoms with Crippen molar-refractivity contribution < 1.29 is 9.90 Å². The van der Waals surface area contributed by atoms with Crippen LogP contribution in [0.3, 0.4) is 0 Å². The first-order valence-electron chi connectivity index (χ1n) is 6.18. The van der Waals surface area contributed by atoms with Crippen LogP contribution in [0.1, 0.15) is 47.0 Å². The van der Waals surface area contributed by atoms with Crippen molar-refractivity contribution in [1.29, 1.82) is 0 Å². The normalized spacial score (nSPS) is 16.6. The molecule has 0 radical (unpaired) electrons. The maximum Gasteiger partial charge on any atom is 0.237 e. The molecular formula is C12H26N2O2. The third kappa shape index (κ3) is 6.80. The zero-order chi connectivity index (χ0) is 12.6. The Kier molecular flexibility index (Phi) is 8.21. The Balaban J connectivity index is 3.89. The van der Waals surface area contributed by atoms with Gasteiger partial charge in [-0.2, -0.15) is 0 Å². The third-order valence-corrected chi connectivity index (χ3v) is 2.60. The van der Waals surface area contributed by atoms with Crippen LogP contribution in [-0.2, 0) is 4.79 Å². The summed E-state index contributed by atoms with van der Waals surface area (Å²) in [5, 5.41) is 14.9. The highest BCUT2D eigenvalue weighted by Crippen LogP contribution is 1.97. The van der Waals surface area contributed by atoms with E-state index in [4.69, 9.17) is 5.11 Å². The minimum Gasteiger partial charge on any atom is -0.396 e. The summed E-state index contributed by atoms with van der Waals surface area (Å²) in [5.74, 6) is 0.0331. The molecule has 0 fully saturated rings. The molecule has 16 heavy (non-hydrogen) atoms. The smallest absolute Gasteiger partial charge is 0.237 e. The average Bonchev–Trinajstić information content (AvgIpc) is 2.17. The molecule has 0 heterocycles. The first kappa shape index (κ1) is 15.4. The van der Waals surface area contributed by atoms with Gasteiger partial charge in [-0.25, -0.2) is 0 Å². The Hall–Kier alpha value is -0.610. The monoisotopic (exact) mass is 230 g/mol. The Morgan fingerprint density at radius 2 is 1.81 bits per heavy atom. The van der Waals surface area contributed by atoms with Crippen LogP contribution in [-0.4, -0.2) is 35.7 Å². The summed E-state index contributed by atoms with van der Waals surface area (Å²) in [5.41, 5.74) is 0. The summed E-state index contributed by atoms with van der Waals surface area (Å²) in [6.45, 7) is 8.09. The van der Waals surface area contributed by atoms with Gasteiger partial charge in [-0.05, 0) is 33.6 Å². The second-order valence-electron chi connectivity index (χ2n) is 4.50. The lowest BCUT2D eigenvalue weighted by Crippen LogP contribution is -2.48.